The van der Waals surface area contributed by atoms with E-state index < -0.39 is 49.5 Å². The Morgan fingerprint density at radius 2 is 1.00 bits per heavy atom. The third-order valence-corrected chi connectivity index (χ3v) is 12.5. The fourth-order valence-corrected chi connectivity index (χ4v) is 8.35. The van der Waals surface area contributed by atoms with Crippen LogP contribution in [0.15, 0.2) is 36.5 Å². The van der Waals surface area contributed by atoms with Crippen molar-refractivity contribution < 1.29 is 39.8 Å². The van der Waals surface area contributed by atoms with Crippen LogP contribution >= 0.6 is 0 Å². The van der Waals surface area contributed by atoms with Gasteiger partial charge >= 0.3 is 0 Å². The Bertz CT molecular complexity index is 1070. The second-order valence-electron chi connectivity index (χ2n) is 18.3. The quantitative estimate of drug-likeness (QED) is 0.0262. The van der Waals surface area contributed by atoms with Crippen molar-refractivity contribution in [2.24, 2.45) is 0 Å². The highest BCUT2D eigenvalue weighted by Crippen LogP contribution is 2.23. The molecular formula is C53H99NO8. The summed E-state index contributed by atoms with van der Waals surface area (Å²) >= 11 is 0. The molecule has 62 heavy (non-hydrogen) atoms. The molecule has 1 aliphatic heterocycles. The van der Waals surface area contributed by atoms with Crippen LogP contribution in [-0.4, -0.2) is 87.5 Å². The van der Waals surface area contributed by atoms with E-state index in [0.717, 1.165) is 70.6 Å². The average Bonchev–Trinajstić information content (AvgIpc) is 3.27. The van der Waals surface area contributed by atoms with Gasteiger partial charge in [-0.3, -0.25) is 4.79 Å². The molecule has 0 aromatic heterocycles. The second-order valence-corrected chi connectivity index (χ2v) is 18.3. The lowest BCUT2D eigenvalue weighted by Gasteiger charge is -2.40. The molecule has 0 saturated carbocycles. The van der Waals surface area contributed by atoms with E-state index >= 15 is 0 Å². The first kappa shape index (κ1) is 58.4. The predicted molar refractivity (Wildman–Crippen MR) is 258 cm³/mol. The maximum Gasteiger partial charge on any atom is 0.220 e. The Morgan fingerprint density at radius 1 is 0.565 bits per heavy atom. The van der Waals surface area contributed by atoms with Gasteiger partial charge in [-0.15, -0.1) is 0 Å². The maximum absolute atomic E-state index is 13.0. The molecule has 7 atom stereocenters. The Hall–Kier alpha value is -1.59. The fraction of sp³-hybridized carbons (Fsp3) is 0.868. The van der Waals surface area contributed by atoms with Crippen molar-refractivity contribution in [3.63, 3.8) is 0 Å². The molecule has 0 aliphatic carbocycles. The lowest BCUT2D eigenvalue weighted by Crippen LogP contribution is -2.60. The number of allylic oxidation sites excluding steroid dienone is 6. The summed E-state index contributed by atoms with van der Waals surface area (Å²) in [5.41, 5.74) is 0. The van der Waals surface area contributed by atoms with Crippen molar-refractivity contribution in [3.8, 4) is 0 Å². The molecule has 1 rings (SSSR count). The standard InChI is InChI=1S/C53H99NO8/c1-3-5-7-9-11-13-15-17-19-21-22-23-24-25-27-28-30-32-34-36-38-40-42-47(56)46(45-61-53-52(60)51(59)50(58)48(44-55)62-53)54-49(57)43-41-39-37-35-33-31-29-26-20-18-16-14-12-10-8-6-4-2/h6,8,12,14,18,20,46-48,50-53,55-56,58-60H,3-5,7,9-11,13,15-17,19,21-45H2,1-2H3,(H,54,57)/b8-6-,14-12-,20-18-. The minimum absolute atomic E-state index is 0.141. The van der Waals surface area contributed by atoms with Crippen LogP contribution in [0.3, 0.4) is 0 Å². The number of hydrogen-bond acceptors (Lipinski definition) is 8. The van der Waals surface area contributed by atoms with Crippen molar-refractivity contribution in [1.29, 1.82) is 0 Å². The Labute approximate surface area is 381 Å². The first-order chi connectivity index (χ1) is 30.3. The summed E-state index contributed by atoms with van der Waals surface area (Å²) in [5.74, 6) is -0.153. The zero-order valence-corrected chi connectivity index (χ0v) is 40.1. The molecule has 0 radical (unpaired) electrons. The molecule has 7 unspecified atom stereocenters. The summed E-state index contributed by atoms with van der Waals surface area (Å²) in [7, 11) is 0. The van der Waals surface area contributed by atoms with Crippen LogP contribution in [0.1, 0.15) is 239 Å². The van der Waals surface area contributed by atoms with E-state index in [1.54, 1.807) is 0 Å². The van der Waals surface area contributed by atoms with Gasteiger partial charge in [-0.25, -0.2) is 0 Å². The van der Waals surface area contributed by atoms with Gasteiger partial charge in [0.25, 0.3) is 0 Å². The van der Waals surface area contributed by atoms with Gasteiger partial charge in [0.1, 0.15) is 24.4 Å². The van der Waals surface area contributed by atoms with Crippen LogP contribution < -0.4 is 5.32 Å². The minimum Gasteiger partial charge on any atom is -0.394 e. The van der Waals surface area contributed by atoms with Crippen LogP contribution in [0, 0.1) is 0 Å². The topological polar surface area (TPSA) is 149 Å². The average molecular weight is 878 g/mol. The minimum atomic E-state index is -1.56. The largest absolute Gasteiger partial charge is 0.394 e. The first-order valence-corrected chi connectivity index (χ1v) is 26.2. The van der Waals surface area contributed by atoms with Crippen molar-refractivity contribution in [3.05, 3.63) is 36.5 Å². The third-order valence-electron chi connectivity index (χ3n) is 12.5. The summed E-state index contributed by atoms with van der Waals surface area (Å²) in [6, 6.07) is -0.724. The summed E-state index contributed by atoms with van der Waals surface area (Å²) in [6.45, 7) is 3.74. The van der Waals surface area contributed by atoms with Gasteiger partial charge in [0.05, 0.1) is 25.4 Å². The molecule has 0 aromatic rings. The zero-order chi connectivity index (χ0) is 45.1. The number of carbonyl (C=O) groups is 1. The Kier molecular flexibility index (Phi) is 40.8. The molecule has 0 spiro atoms. The summed E-state index contributed by atoms with van der Waals surface area (Å²) in [5, 5.41) is 54.5. The molecular weight excluding hydrogens is 779 g/mol. The van der Waals surface area contributed by atoms with Crippen molar-refractivity contribution in [2.45, 2.75) is 281 Å². The van der Waals surface area contributed by atoms with Crippen molar-refractivity contribution in [2.75, 3.05) is 13.2 Å². The fourth-order valence-electron chi connectivity index (χ4n) is 8.35. The SMILES string of the molecule is CC/C=C\C/C=C\C/C=C\CCCCCCCCCC(=O)NC(COC1OC(CO)C(O)C(O)C1O)C(O)CCCCCCCCCCCCCCCCCCCCCCCC. The molecule has 9 nitrogen and oxygen atoms in total. The lowest BCUT2D eigenvalue weighted by molar-refractivity contribution is -0.302. The zero-order valence-electron chi connectivity index (χ0n) is 40.1. The van der Waals surface area contributed by atoms with Gasteiger partial charge in [0.15, 0.2) is 6.29 Å². The van der Waals surface area contributed by atoms with E-state index in [1.165, 1.54) is 141 Å². The highest BCUT2D eigenvalue weighted by molar-refractivity contribution is 5.76. The second kappa shape index (κ2) is 43.3. The van der Waals surface area contributed by atoms with E-state index in [9.17, 15) is 30.3 Å². The van der Waals surface area contributed by atoms with Gasteiger partial charge in [-0.2, -0.15) is 0 Å². The van der Waals surface area contributed by atoms with Crippen molar-refractivity contribution in [1.82, 2.24) is 5.32 Å². The number of hydrogen-bond donors (Lipinski definition) is 6. The van der Waals surface area contributed by atoms with Gasteiger partial charge in [-0.1, -0.05) is 224 Å². The van der Waals surface area contributed by atoms with Crippen LogP contribution in [0.25, 0.3) is 0 Å². The van der Waals surface area contributed by atoms with E-state index in [1.807, 2.05) is 0 Å². The van der Waals surface area contributed by atoms with E-state index in [2.05, 4.69) is 55.6 Å². The number of carbonyl (C=O) groups excluding carboxylic acids is 1. The highest BCUT2D eigenvalue weighted by Gasteiger charge is 2.44. The van der Waals surface area contributed by atoms with E-state index in [4.69, 9.17) is 9.47 Å². The van der Waals surface area contributed by atoms with E-state index in [-0.39, 0.29) is 12.5 Å². The molecule has 1 heterocycles. The van der Waals surface area contributed by atoms with Crippen LogP contribution in [0.2, 0.25) is 0 Å². The molecule has 0 aromatic carbocycles. The number of nitrogens with one attached hydrogen (secondary N) is 1. The van der Waals surface area contributed by atoms with Gasteiger partial charge < -0.3 is 40.3 Å². The molecule has 0 bridgehead atoms. The number of unbranched alkanes of at least 4 members (excludes halogenated alkanes) is 28. The Morgan fingerprint density at radius 3 is 1.48 bits per heavy atom. The van der Waals surface area contributed by atoms with E-state index in [0.29, 0.717) is 12.8 Å². The highest BCUT2D eigenvalue weighted by atomic mass is 16.7. The molecule has 364 valence electrons. The summed E-state index contributed by atoms with van der Waals surface area (Å²) < 4.78 is 11.3. The van der Waals surface area contributed by atoms with Gasteiger partial charge in [0, 0.05) is 6.42 Å². The summed E-state index contributed by atoms with van der Waals surface area (Å²) in [6.07, 6.45) is 47.3. The molecule has 1 aliphatic rings. The number of ether oxygens (including phenoxy) is 2. The van der Waals surface area contributed by atoms with Gasteiger partial charge in [0.2, 0.25) is 5.91 Å². The normalized spacial score (nSPS) is 20.5. The summed E-state index contributed by atoms with van der Waals surface area (Å²) in [4.78, 5) is 13.0. The monoisotopic (exact) mass is 878 g/mol. The molecule has 1 saturated heterocycles. The number of aliphatic hydroxyl groups excluding tert-OH is 5. The molecule has 1 fully saturated rings. The maximum atomic E-state index is 13.0. The third kappa shape index (κ3) is 33.0. The molecule has 1 amide bonds. The smallest absolute Gasteiger partial charge is 0.220 e. The number of amides is 1. The number of aliphatic hydroxyl groups is 5. The first-order valence-electron chi connectivity index (χ1n) is 26.2. The Balaban J connectivity index is 2.25. The van der Waals surface area contributed by atoms with Gasteiger partial charge in [-0.05, 0) is 44.9 Å². The lowest BCUT2D eigenvalue weighted by atomic mass is 9.99. The van der Waals surface area contributed by atoms with Crippen LogP contribution in [0.4, 0.5) is 0 Å². The van der Waals surface area contributed by atoms with Crippen LogP contribution in [-0.2, 0) is 14.3 Å². The van der Waals surface area contributed by atoms with Crippen LogP contribution in [0.5, 0.6) is 0 Å². The number of rotatable bonds is 44. The van der Waals surface area contributed by atoms with Crippen molar-refractivity contribution >= 4 is 5.91 Å². The predicted octanol–water partition coefficient (Wildman–Crippen LogP) is 12.0. The molecule has 9 heteroatoms. The molecule has 6 N–H and O–H groups in total.